The quantitative estimate of drug-likeness (QED) is 0.275. The number of ether oxygens (including phenoxy) is 1. The first-order valence-corrected chi connectivity index (χ1v) is 8.98. The Balaban J connectivity index is 1.81. The number of hydrogen-bond acceptors (Lipinski definition) is 3. The molecule has 3 rings (SSSR count). The van der Waals surface area contributed by atoms with Crippen LogP contribution in [0.1, 0.15) is 36.0 Å². The average Bonchev–Trinajstić information content (AvgIpc) is 2.92. The SMILES string of the molecule is COCCCC/C=C/c1ccc2c(c1)/C(=N/OI)c1ccccc1-2. The first-order valence-electron chi connectivity index (χ1n) is 8.10. The number of allylic oxidation sites excluding steroid dienone is 1. The van der Waals surface area contributed by atoms with Crippen molar-refractivity contribution in [2.45, 2.75) is 19.3 Å². The largest absolute Gasteiger partial charge is 0.385 e. The maximum absolute atomic E-state index is 5.07. The highest BCUT2D eigenvalue weighted by Crippen LogP contribution is 2.37. The summed E-state index contributed by atoms with van der Waals surface area (Å²) in [6, 6.07) is 14.8. The number of methoxy groups -OCH3 is 1. The molecule has 2 aromatic carbocycles. The Labute approximate surface area is 157 Å². The number of oxime groups is 1. The highest BCUT2D eigenvalue weighted by Gasteiger charge is 2.25. The summed E-state index contributed by atoms with van der Waals surface area (Å²) >= 11 is 1.81. The molecule has 0 radical (unpaired) electrons. The second-order valence-corrected chi connectivity index (χ2v) is 6.14. The summed E-state index contributed by atoms with van der Waals surface area (Å²) < 4.78 is 10.1. The molecule has 1 aliphatic carbocycles. The van der Waals surface area contributed by atoms with Crippen molar-refractivity contribution < 1.29 is 7.90 Å². The summed E-state index contributed by atoms with van der Waals surface area (Å²) in [5.74, 6) is 0. The number of fused-ring (bicyclic) bond motifs is 3. The van der Waals surface area contributed by atoms with Crippen molar-refractivity contribution in [1.82, 2.24) is 0 Å². The van der Waals surface area contributed by atoms with Crippen LogP contribution in [0.4, 0.5) is 0 Å². The van der Waals surface area contributed by atoms with Gasteiger partial charge in [-0.1, -0.05) is 53.7 Å². The molecule has 24 heavy (non-hydrogen) atoms. The number of hydrogen-bond donors (Lipinski definition) is 0. The lowest BCUT2D eigenvalue weighted by Gasteiger charge is -2.02. The highest BCUT2D eigenvalue weighted by molar-refractivity contribution is 14.1. The van der Waals surface area contributed by atoms with Crippen LogP contribution in [0.25, 0.3) is 17.2 Å². The normalized spacial score (nSPS) is 14.2. The van der Waals surface area contributed by atoms with E-state index < -0.39 is 0 Å². The van der Waals surface area contributed by atoms with E-state index in [1.165, 1.54) is 16.7 Å². The van der Waals surface area contributed by atoms with E-state index in [1.807, 2.05) is 29.1 Å². The van der Waals surface area contributed by atoms with Gasteiger partial charge in [-0.3, -0.25) is 0 Å². The van der Waals surface area contributed by atoms with Crippen molar-refractivity contribution in [3.63, 3.8) is 0 Å². The zero-order chi connectivity index (χ0) is 16.8. The molecule has 0 saturated carbocycles. The van der Waals surface area contributed by atoms with Crippen molar-refractivity contribution >= 4 is 34.8 Å². The number of unbranched alkanes of at least 4 members (excludes halogenated alkanes) is 2. The molecule has 0 heterocycles. The fourth-order valence-corrected chi connectivity index (χ4v) is 3.22. The van der Waals surface area contributed by atoms with Crippen molar-refractivity contribution in [2.24, 2.45) is 5.16 Å². The minimum Gasteiger partial charge on any atom is -0.385 e. The predicted octanol–water partition coefficient (Wildman–Crippen LogP) is 5.62. The van der Waals surface area contributed by atoms with Gasteiger partial charge < -0.3 is 7.90 Å². The number of nitrogens with zero attached hydrogens (tertiary/aromatic N) is 1. The maximum atomic E-state index is 5.07. The van der Waals surface area contributed by atoms with Gasteiger partial charge in [0, 0.05) is 24.8 Å². The molecular weight excluding hydrogens is 413 g/mol. The fourth-order valence-electron chi connectivity index (χ4n) is 3.03. The lowest BCUT2D eigenvalue weighted by atomic mass is 10.0. The van der Waals surface area contributed by atoms with Crippen LogP contribution in [-0.4, -0.2) is 19.4 Å². The molecule has 0 unspecified atom stereocenters. The molecule has 0 N–H and O–H groups in total. The summed E-state index contributed by atoms with van der Waals surface area (Å²) in [7, 11) is 1.75. The molecule has 124 valence electrons. The number of halogens is 1. The summed E-state index contributed by atoms with van der Waals surface area (Å²) in [6.45, 7) is 0.834. The summed E-state index contributed by atoms with van der Waals surface area (Å²) in [5.41, 5.74) is 6.80. The molecule has 0 aromatic heterocycles. The molecule has 0 amide bonds. The molecule has 0 aliphatic heterocycles. The monoisotopic (exact) mass is 433 g/mol. The van der Waals surface area contributed by atoms with E-state index in [0.29, 0.717) is 0 Å². The molecule has 3 nitrogen and oxygen atoms in total. The Morgan fingerprint density at radius 3 is 2.58 bits per heavy atom. The maximum Gasteiger partial charge on any atom is 0.230 e. The minimum absolute atomic E-state index is 0.834. The van der Waals surface area contributed by atoms with Crippen LogP contribution >= 0.6 is 23.0 Å². The number of rotatable bonds is 7. The smallest absolute Gasteiger partial charge is 0.230 e. The van der Waals surface area contributed by atoms with Gasteiger partial charge in [-0.05, 0) is 42.0 Å². The van der Waals surface area contributed by atoms with Gasteiger partial charge in [0.15, 0.2) is 0 Å². The molecular formula is C20H20INO2. The summed E-state index contributed by atoms with van der Waals surface area (Å²) in [4.78, 5) is 0. The van der Waals surface area contributed by atoms with Crippen LogP contribution in [0.3, 0.4) is 0 Å². The average molecular weight is 433 g/mol. The molecule has 0 atom stereocenters. The fraction of sp³-hybridized carbons (Fsp3) is 0.250. The van der Waals surface area contributed by atoms with Crippen LogP contribution in [0.5, 0.6) is 0 Å². The third-order valence-electron chi connectivity index (χ3n) is 4.18. The van der Waals surface area contributed by atoms with E-state index in [9.17, 15) is 0 Å². The van der Waals surface area contributed by atoms with Crippen molar-refractivity contribution in [3.8, 4) is 11.1 Å². The lowest BCUT2D eigenvalue weighted by molar-refractivity contribution is 0.193. The van der Waals surface area contributed by atoms with Gasteiger partial charge in [-0.25, -0.2) is 0 Å². The Morgan fingerprint density at radius 2 is 1.79 bits per heavy atom. The second kappa shape index (κ2) is 8.44. The molecule has 0 spiro atoms. The van der Waals surface area contributed by atoms with Crippen LogP contribution in [0.15, 0.2) is 53.7 Å². The van der Waals surface area contributed by atoms with E-state index in [2.05, 4.69) is 53.7 Å². The Bertz CT molecular complexity index is 768. The highest BCUT2D eigenvalue weighted by atomic mass is 127. The minimum atomic E-state index is 0.834. The summed E-state index contributed by atoms with van der Waals surface area (Å²) in [5, 5.41) is 4.24. The van der Waals surface area contributed by atoms with Gasteiger partial charge in [0.25, 0.3) is 0 Å². The molecule has 1 aliphatic rings. The van der Waals surface area contributed by atoms with E-state index in [-0.39, 0.29) is 0 Å². The molecule has 0 bridgehead atoms. The van der Waals surface area contributed by atoms with Gasteiger partial charge in [0.05, 0.1) is 0 Å². The summed E-state index contributed by atoms with van der Waals surface area (Å²) in [6.07, 6.45) is 7.72. The van der Waals surface area contributed by atoms with E-state index in [1.54, 1.807) is 7.11 Å². The zero-order valence-electron chi connectivity index (χ0n) is 13.7. The third-order valence-corrected chi connectivity index (χ3v) is 4.37. The van der Waals surface area contributed by atoms with Crippen LogP contribution in [-0.2, 0) is 7.90 Å². The zero-order valence-corrected chi connectivity index (χ0v) is 15.8. The lowest BCUT2D eigenvalue weighted by Crippen LogP contribution is -1.98. The van der Waals surface area contributed by atoms with Crippen molar-refractivity contribution in [1.29, 1.82) is 0 Å². The van der Waals surface area contributed by atoms with Crippen molar-refractivity contribution in [3.05, 3.63) is 65.2 Å². The second-order valence-electron chi connectivity index (χ2n) is 5.75. The van der Waals surface area contributed by atoms with Gasteiger partial charge in [0.1, 0.15) is 5.71 Å². The Kier molecular flexibility index (Phi) is 6.04. The van der Waals surface area contributed by atoms with E-state index in [4.69, 9.17) is 7.90 Å². The molecule has 2 aromatic rings. The predicted molar refractivity (Wildman–Crippen MR) is 107 cm³/mol. The third kappa shape index (κ3) is 3.70. The van der Waals surface area contributed by atoms with Gasteiger partial charge in [-0.15, -0.1) is 0 Å². The first-order chi connectivity index (χ1) is 11.8. The van der Waals surface area contributed by atoms with Gasteiger partial charge in [-0.2, -0.15) is 0 Å². The van der Waals surface area contributed by atoms with Crippen LogP contribution in [0.2, 0.25) is 0 Å². The number of benzene rings is 2. The Morgan fingerprint density at radius 1 is 1.00 bits per heavy atom. The van der Waals surface area contributed by atoms with E-state index in [0.717, 1.165) is 42.7 Å². The van der Waals surface area contributed by atoms with Crippen LogP contribution in [0, 0.1) is 0 Å². The molecule has 4 heteroatoms. The molecule has 0 saturated heterocycles. The first kappa shape index (κ1) is 17.2. The van der Waals surface area contributed by atoms with Gasteiger partial charge >= 0.3 is 0 Å². The van der Waals surface area contributed by atoms with Crippen molar-refractivity contribution in [2.75, 3.05) is 13.7 Å². The van der Waals surface area contributed by atoms with Gasteiger partial charge in [0.2, 0.25) is 23.0 Å². The van der Waals surface area contributed by atoms with E-state index >= 15 is 0 Å². The van der Waals surface area contributed by atoms with Crippen LogP contribution < -0.4 is 0 Å². The topological polar surface area (TPSA) is 30.8 Å². The molecule has 0 fully saturated rings. The Hall–Kier alpha value is -1.66. The standard InChI is InChI=1S/C20H20INO2/c1-23-13-7-3-2-4-8-15-11-12-17-16-9-5-6-10-18(16)20(22-24-21)19(17)14-15/h4-6,8-12,14H,2-3,7,13H2,1H3/b8-4+,22-20+.